The molecule has 1 atom stereocenters. The van der Waals surface area contributed by atoms with E-state index < -0.39 is 0 Å². The highest BCUT2D eigenvalue weighted by molar-refractivity contribution is 6.16. The summed E-state index contributed by atoms with van der Waals surface area (Å²) in [5.41, 5.74) is 0.492. The lowest BCUT2D eigenvalue weighted by Crippen LogP contribution is -2.38. The number of imide groups is 1. The SMILES string of the molecule is CC1=CC(=O)N(C(C)CCCO)C1=O. The molecule has 1 unspecified atom stereocenters. The molecule has 78 valence electrons. The van der Waals surface area contributed by atoms with E-state index >= 15 is 0 Å². The van der Waals surface area contributed by atoms with Gasteiger partial charge in [-0.1, -0.05) is 0 Å². The van der Waals surface area contributed by atoms with Crippen molar-refractivity contribution in [3.8, 4) is 0 Å². The molecule has 0 aliphatic carbocycles. The molecule has 4 heteroatoms. The van der Waals surface area contributed by atoms with Crippen molar-refractivity contribution in [1.82, 2.24) is 4.90 Å². The molecule has 2 amide bonds. The van der Waals surface area contributed by atoms with Crippen molar-refractivity contribution in [2.75, 3.05) is 6.61 Å². The maximum absolute atomic E-state index is 11.5. The molecule has 0 aromatic heterocycles. The van der Waals surface area contributed by atoms with E-state index in [1.54, 1.807) is 6.92 Å². The van der Waals surface area contributed by atoms with Crippen LogP contribution in [0.1, 0.15) is 26.7 Å². The number of carbonyl (C=O) groups is 2. The van der Waals surface area contributed by atoms with E-state index in [2.05, 4.69) is 0 Å². The Hall–Kier alpha value is -1.16. The smallest absolute Gasteiger partial charge is 0.256 e. The van der Waals surface area contributed by atoms with Crippen LogP contribution in [0.25, 0.3) is 0 Å². The Morgan fingerprint density at radius 3 is 2.57 bits per heavy atom. The zero-order valence-corrected chi connectivity index (χ0v) is 8.49. The van der Waals surface area contributed by atoms with Crippen molar-refractivity contribution in [3.63, 3.8) is 0 Å². The topological polar surface area (TPSA) is 57.6 Å². The van der Waals surface area contributed by atoms with Gasteiger partial charge < -0.3 is 5.11 Å². The lowest BCUT2D eigenvalue weighted by molar-refractivity contribution is -0.139. The van der Waals surface area contributed by atoms with Crippen molar-refractivity contribution in [1.29, 1.82) is 0 Å². The number of nitrogens with zero attached hydrogens (tertiary/aromatic N) is 1. The minimum absolute atomic E-state index is 0.0902. The van der Waals surface area contributed by atoms with Gasteiger partial charge >= 0.3 is 0 Å². The second-order valence-electron chi connectivity index (χ2n) is 3.56. The highest BCUT2D eigenvalue weighted by Crippen LogP contribution is 2.17. The molecule has 0 bridgehead atoms. The van der Waals surface area contributed by atoms with Crippen LogP contribution in [-0.4, -0.2) is 34.5 Å². The van der Waals surface area contributed by atoms with Crippen LogP contribution in [0.4, 0.5) is 0 Å². The Balaban J connectivity index is 2.62. The number of carbonyl (C=O) groups excluding carboxylic acids is 2. The molecule has 0 aromatic rings. The lowest BCUT2D eigenvalue weighted by Gasteiger charge is -2.22. The molecule has 0 aromatic carbocycles. The van der Waals surface area contributed by atoms with Crippen LogP contribution < -0.4 is 0 Å². The van der Waals surface area contributed by atoms with Crippen molar-refractivity contribution < 1.29 is 14.7 Å². The second-order valence-corrected chi connectivity index (χ2v) is 3.56. The van der Waals surface area contributed by atoms with Crippen LogP contribution in [0.3, 0.4) is 0 Å². The normalized spacial score (nSPS) is 18.8. The van der Waals surface area contributed by atoms with Crippen LogP contribution in [0.5, 0.6) is 0 Å². The lowest BCUT2D eigenvalue weighted by atomic mass is 10.1. The van der Waals surface area contributed by atoms with Gasteiger partial charge in [-0.05, 0) is 26.7 Å². The average molecular weight is 197 g/mol. The quantitative estimate of drug-likeness (QED) is 0.666. The van der Waals surface area contributed by atoms with Gasteiger partial charge in [0.15, 0.2) is 0 Å². The monoisotopic (exact) mass is 197 g/mol. The fraction of sp³-hybridized carbons (Fsp3) is 0.600. The van der Waals surface area contributed by atoms with Gasteiger partial charge in [0.05, 0.1) is 0 Å². The largest absolute Gasteiger partial charge is 0.396 e. The number of aliphatic hydroxyl groups excluding tert-OH is 1. The Kier molecular flexibility index (Phi) is 3.41. The molecule has 1 heterocycles. The summed E-state index contributed by atoms with van der Waals surface area (Å²) in [5.74, 6) is -0.446. The van der Waals surface area contributed by atoms with Gasteiger partial charge in [0.2, 0.25) is 0 Å². The molecule has 1 N–H and O–H groups in total. The summed E-state index contributed by atoms with van der Waals surface area (Å²) < 4.78 is 0. The van der Waals surface area contributed by atoms with E-state index in [9.17, 15) is 9.59 Å². The van der Waals surface area contributed by atoms with E-state index in [1.165, 1.54) is 11.0 Å². The van der Waals surface area contributed by atoms with Gasteiger partial charge in [-0.25, -0.2) is 0 Å². The van der Waals surface area contributed by atoms with Crippen LogP contribution in [0.15, 0.2) is 11.6 Å². The van der Waals surface area contributed by atoms with Crippen LogP contribution >= 0.6 is 0 Å². The Morgan fingerprint density at radius 1 is 1.50 bits per heavy atom. The summed E-state index contributed by atoms with van der Waals surface area (Å²) in [5, 5.41) is 8.64. The number of amides is 2. The van der Waals surface area contributed by atoms with Gasteiger partial charge in [-0.3, -0.25) is 14.5 Å². The highest BCUT2D eigenvalue weighted by atomic mass is 16.3. The predicted octanol–water partition coefficient (Wildman–Crippen LogP) is 0.462. The van der Waals surface area contributed by atoms with E-state index in [-0.39, 0.29) is 24.5 Å². The zero-order chi connectivity index (χ0) is 10.7. The fourth-order valence-electron chi connectivity index (χ4n) is 1.54. The summed E-state index contributed by atoms with van der Waals surface area (Å²) in [4.78, 5) is 24.1. The van der Waals surface area contributed by atoms with Gasteiger partial charge in [-0.2, -0.15) is 0 Å². The molecule has 0 spiro atoms. The first-order chi connectivity index (χ1) is 6.57. The number of aliphatic hydroxyl groups is 1. The maximum Gasteiger partial charge on any atom is 0.256 e. The van der Waals surface area contributed by atoms with Crippen molar-refractivity contribution in [3.05, 3.63) is 11.6 Å². The molecule has 0 radical (unpaired) electrons. The van der Waals surface area contributed by atoms with Crippen LogP contribution in [0, 0.1) is 0 Å². The average Bonchev–Trinajstić information content (AvgIpc) is 2.38. The number of hydrogen-bond acceptors (Lipinski definition) is 3. The minimum atomic E-state index is -0.238. The standard InChI is InChI=1S/C10H15NO3/c1-7-6-9(13)11(10(7)14)8(2)4-3-5-12/h6,8,12H,3-5H2,1-2H3. The van der Waals surface area contributed by atoms with Crippen molar-refractivity contribution >= 4 is 11.8 Å². The molecular weight excluding hydrogens is 182 g/mol. The summed E-state index contributed by atoms with van der Waals surface area (Å²) in [6.07, 6.45) is 2.62. The molecule has 0 saturated heterocycles. The Bertz CT molecular complexity index is 283. The third kappa shape index (κ3) is 2.01. The maximum atomic E-state index is 11.5. The molecule has 0 saturated carbocycles. The van der Waals surface area contributed by atoms with E-state index in [1.807, 2.05) is 6.92 Å². The van der Waals surface area contributed by atoms with Crippen LogP contribution in [-0.2, 0) is 9.59 Å². The molecule has 1 aliphatic heterocycles. The Morgan fingerprint density at radius 2 is 2.14 bits per heavy atom. The molecule has 1 rings (SSSR count). The first-order valence-electron chi connectivity index (χ1n) is 4.74. The van der Waals surface area contributed by atoms with Gasteiger partial charge in [0.25, 0.3) is 11.8 Å². The molecule has 14 heavy (non-hydrogen) atoms. The van der Waals surface area contributed by atoms with E-state index in [0.717, 1.165) is 0 Å². The molecule has 1 aliphatic rings. The minimum Gasteiger partial charge on any atom is -0.396 e. The second kappa shape index (κ2) is 4.37. The summed E-state index contributed by atoms with van der Waals surface area (Å²) in [7, 11) is 0. The summed E-state index contributed by atoms with van der Waals surface area (Å²) in [6, 6.07) is -0.129. The number of rotatable bonds is 4. The highest BCUT2D eigenvalue weighted by Gasteiger charge is 2.31. The Labute approximate surface area is 83.2 Å². The van der Waals surface area contributed by atoms with E-state index in [4.69, 9.17) is 5.11 Å². The summed E-state index contributed by atoms with van der Waals surface area (Å²) in [6.45, 7) is 3.55. The molecular formula is C10H15NO3. The predicted molar refractivity (Wildman–Crippen MR) is 51.4 cm³/mol. The molecule has 0 fully saturated rings. The van der Waals surface area contributed by atoms with Crippen molar-refractivity contribution in [2.24, 2.45) is 0 Å². The van der Waals surface area contributed by atoms with Gasteiger partial charge in [-0.15, -0.1) is 0 Å². The third-order valence-electron chi connectivity index (χ3n) is 2.35. The first kappa shape index (κ1) is 10.9. The van der Waals surface area contributed by atoms with Crippen molar-refractivity contribution in [2.45, 2.75) is 32.7 Å². The summed E-state index contributed by atoms with van der Waals surface area (Å²) >= 11 is 0. The van der Waals surface area contributed by atoms with Gasteiger partial charge in [0.1, 0.15) is 0 Å². The zero-order valence-electron chi connectivity index (χ0n) is 8.49. The van der Waals surface area contributed by atoms with E-state index in [0.29, 0.717) is 18.4 Å². The fourth-order valence-corrected chi connectivity index (χ4v) is 1.54. The van der Waals surface area contributed by atoms with Gasteiger partial charge in [0, 0.05) is 24.3 Å². The molecule has 4 nitrogen and oxygen atoms in total. The number of hydrogen-bond donors (Lipinski definition) is 1. The first-order valence-corrected chi connectivity index (χ1v) is 4.74. The third-order valence-corrected chi connectivity index (χ3v) is 2.35. The van der Waals surface area contributed by atoms with Crippen LogP contribution in [0.2, 0.25) is 0 Å².